The number of nitrogens with zero attached hydrogens (tertiary/aromatic N) is 1. The van der Waals surface area contributed by atoms with E-state index in [1.54, 1.807) is 7.05 Å². The van der Waals surface area contributed by atoms with Gasteiger partial charge in [-0.25, -0.2) is 13.8 Å². The summed E-state index contributed by atoms with van der Waals surface area (Å²) in [5.41, 5.74) is 4.94. The van der Waals surface area contributed by atoms with Crippen molar-refractivity contribution in [3.8, 4) is 0 Å². The largest absolute Gasteiger partial charge is 0.477 e. The van der Waals surface area contributed by atoms with Crippen LogP contribution >= 0.6 is 0 Å². The molecule has 0 bridgehead atoms. The third-order valence-electron chi connectivity index (χ3n) is 1.49. The average molecular weight is 171 g/mol. The first-order valence-electron chi connectivity index (χ1n) is 3.20. The molecule has 1 heterocycles. The van der Waals surface area contributed by atoms with Gasteiger partial charge in [-0.15, -0.1) is 0 Å². The third kappa shape index (κ3) is 1.34. The molecule has 0 saturated carbocycles. The molecule has 1 rings (SSSR count). The maximum Gasteiger partial charge on any atom is 0.342 e. The fraction of sp³-hybridized carbons (Fsp3) is 0.143. The van der Waals surface area contributed by atoms with Gasteiger partial charge in [0.2, 0.25) is 0 Å². The molecule has 1 aromatic rings. The van der Waals surface area contributed by atoms with E-state index < -0.39 is 11.8 Å². The van der Waals surface area contributed by atoms with Gasteiger partial charge in [-0.1, -0.05) is 0 Å². The van der Waals surface area contributed by atoms with E-state index in [2.05, 4.69) is 0 Å². The molecule has 1 aromatic heterocycles. The van der Waals surface area contributed by atoms with Crippen molar-refractivity contribution < 1.29 is 18.9 Å². The van der Waals surface area contributed by atoms with Crippen LogP contribution in [0, 0.1) is 5.82 Å². The summed E-state index contributed by atoms with van der Waals surface area (Å²) in [5, 5.41) is 8.49. The van der Waals surface area contributed by atoms with Gasteiger partial charge in [0, 0.05) is 0 Å². The van der Waals surface area contributed by atoms with Crippen LogP contribution in [0.1, 0.15) is 10.4 Å². The van der Waals surface area contributed by atoms with Crippen molar-refractivity contribution in [3.63, 3.8) is 0 Å². The maximum atomic E-state index is 12.8. The Morgan fingerprint density at radius 2 is 2.33 bits per heavy atom. The highest BCUT2D eigenvalue weighted by Crippen LogP contribution is 2.06. The molecule has 0 unspecified atom stereocenters. The molecule has 0 aromatic carbocycles. The smallest absolute Gasteiger partial charge is 0.342 e. The van der Waals surface area contributed by atoms with Gasteiger partial charge in [0.25, 0.3) is 5.82 Å². The second kappa shape index (κ2) is 2.77. The molecule has 4 nitrogen and oxygen atoms in total. The van der Waals surface area contributed by atoms with E-state index in [0.29, 0.717) is 0 Å². The number of aromatic nitrogens is 1. The van der Waals surface area contributed by atoms with Gasteiger partial charge in [0.15, 0.2) is 0 Å². The second-order valence-electron chi connectivity index (χ2n) is 2.38. The van der Waals surface area contributed by atoms with E-state index >= 15 is 0 Å². The summed E-state index contributed by atoms with van der Waals surface area (Å²) in [6.45, 7) is 0. The Morgan fingerprint density at radius 3 is 2.83 bits per heavy atom. The van der Waals surface area contributed by atoms with E-state index in [9.17, 15) is 9.18 Å². The molecule has 0 fully saturated rings. The number of anilines is 1. The van der Waals surface area contributed by atoms with Crippen LogP contribution in [0.5, 0.6) is 0 Å². The predicted molar refractivity (Wildman–Crippen MR) is 38.9 cm³/mol. The summed E-state index contributed by atoms with van der Waals surface area (Å²) < 4.78 is 14.1. The summed E-state index contributed by atoms with van der Waals surface area (Å²) >= 11 is 0. The van der Waals surface area contributed by atoms with Crippen LogP contribution in [0.3, 0.4) is 0 Å². The van der Waals surface area contributed by atoms with Gasteiger partial charge in [-0.05, 0) is 0 Å². The van der Waals surface area contributed by atoms with Gasteiger partial charge in [-0.3, -0.25) is 5.73 Å². The molecule has 12 heavy (non-hydrogen) atoms. The molecule has 0 aliphatic carbocycles. The number of hydrogen-bond acceptors (Lipinski definition) is 2. The van der Waals surface area contributed by atoms with E-state index in [4.69, 9.17) is 10.8 Å². The first kappa shape index (κ1) is 8.45. The highest BCUT2D eigenvalue weighted by Gasteiger charge is 2.14. The molecule has 5 heteroatoms. The van der Waals surface area contributed by atoms with E-state index in [0.717, 1.165) is 12.3 Å². The Morgan fingerprint density at radius 1 is 1.75 bits per heavy atom. The molecule has 0 aliphatic rings. The molecular formula is C7H8FN2O2+. The monoisotopic (exact) mass is 171 g/mol. The Kier molecular flexibility index (Phi) is 1.95. The van der Waals surface area contributed by atoms with Gasteiger partial charge in [0.05, 0.1) is 13.1 Å². The molecule has 0 aliphatic heterocycles. The van der Waals surface area contributed by atoms with Gasteiger partial charge in [0.1, 0.15) is 17.6 Å². The summed E-state index contributed by atoms with van der Waals surface area (Å²) in [6, 6.07) is 0.976. The number of halogens is 1. The first-order valence-corrected chi connectivity index (χ1v) is 3.20. The van der Waals surface area contributed by atoms with Crippen LogP contribution in [0.4, 0.5) is 10.2 Å². The fourth-order valence-corrected chi connectivity index (χ4v) is 0.797. The predicted octanol–water partition coefficient (Wildman–Crippen LogP) is -0.0694. The molecule has 0 atom stereocenters. The summed E-state index contributed by atoms with van der Waals surface area (Å²) in [4.78, 5) is 10.4. The third-order valence-corrected chi connectivity index (χ3v) is 1.49. The lowest BCUT2D eigenvalue weighted by molar-refractivity contribution is -0.657. The molecule has 0 saturated heterocycles. The summed E-state index contributed by atoms with van der Waals surface area (Å²) in [7, 11) is 1.54. The number of carboxylic acid groups (broad SMARTS) is 1. The standard InChI is InChI=1S/C7H7FN2O2/c1-10-3-4(7(11)12)5(8)2-6(10)9/h2-3,9H,1H3,(H,11,12)/p+1. The second-order valence-corrected chi connectivity index (χ2v) is 2.38. The van der Waals surface area contributed by atoms with Crippen LogP contribution < -0.4 is 10.3 Å². The van der Waals surface area contributed by atoms with E-state index in [1.807, 2.05) is 0 Å². The zero-order valence-electron chi connectivity index (χ0n) is 6.41. The van der Waals surface area contributed by atoms with Crippen LogP contribution in [0.15, 0.2) is 12.3 Å². The van der Waals surface area contributed by atoms with Crippen LogP contribution in [-0.4, -0.2) is 11.1 Å². The van der Waals surface area contributed by atoms with Gasteiger partial charge < -0.3 is 5.11 Å². The number of aryl methyl sites for hydroxylation is 1. The Balaban J connectivity index is 3.33. The Bertz CT molecular complexity index is 338. The van der Waals surface area contributed by atoms with Crippen molar-refractivity contribution in [2.75, 3.05) is 5.73 Å². The van der Waals surface area contributed by atoms with E-state index in [1.165, 1.54) is 4.57 Å². The lowest BCUT2D eigenvalue weighted by Crippen LogP contribution is -2.33. The quantitative estimate of drug-likeness (QED) is 0.581. The lowest BCUT2D eigenvalue weighted by atomic mass is 10.2. The zero-order chi connectivity index (χ0) is 9.30. The van der Waals surface area contributed by atoms with Crippen LogP contribution in [-0.2, 0) is 7.05 Å². The highest BCUT2D eigenvalue weighted by molar-refractivity contribution is 5.87. The molecule has 0 radical (unpaired) electrons. The zero-order valence-corrected chi connectivity index (χ0v) is 6.41. The van der Waals surface area contributed by atoms with Crippen molar-refractivity contribution in [1.82, 2.24) is 0 Å². The minimum absolute atomic E-state index is 0.178. The van der Waals surface area contributed by atoms with Crippen molar-refractivity contribution in [3.05, 3.63) is 23.6 Å². The summed E-state index contributed by atoms with van der Waals surface area (Å²) in [5.74, 6) is -1.95. The Hall–Kier alpha value is -1.65. The number of hydrogen-bond donors (Lipinski definition) is 2. The fourth-order valence-electron chi connectivity index (χ4n) is 0.797. The number of carbonyl (C=O) groups is 1. The van der Waals surface area contributed by atoms with E-state index in [-0.39, 0.29) is 11.4 Å². The molecule has 64 valence electrons. The average Bonchev–Trinajstić information content (AvgIpc) is 1.96. The van der Waals surface area contributed by atoms with Crippen molar-refractivity contribution in [2.24, 2.45) is 7.05 Å². The molecule has 3 N–H and O–H groups in total. The highest BCUT2D eigenvalue weighted by atomic mass is 19.1. The molecular weight excluding hydrogens is 163 g/mol. The first-order chi connectivity index (χ1) is 5.52. The Labute approximate surface area is 68.1 Å². The topological polar surface area (TPSA) is 67.2 Å². The molecule has 0 spiro atoms. The minimum atomic E-state index is -1.30. The van der Waals surface area contributed by atoms with Crippen LogP contribution in [0.2, 0.25) is 0 Å². The van der Waals surface area contributed by atoms with Gasteiger partial charge in [-0.2, -0.15) is 0 Å². The number of carboxylic acids is 1. The van der Waals surface area contributed by atoms with Crippen molar-refractivity contribution in [1.29, 1.82) is 0 Å². The number of pyridine rings is 1. The summed E-state index contributed by atoms with van der Waals surface area (Å²) in [6.07, 6.45) is 1.13. The number of aromatic carboxylic acids is 1. The number of nitrogen functional groups attached to an aromatic ring is 1. The lowest BCUT2D eigenvalue weighted by Gasteiger charge is -1.98. The van der Waals surface area contributed by atoms with Crippen LogP contribution in [0.25, 0.3) is 0 Å². The van der Waals surface area contributed by atoms with Gasteiger partial charge >= 0.3 is 5.97 Å². The maximum absolute atomic E-state index is 12.8. The molecule has 0 amide bonds. The van der Waals surface area contributed by atoms with Crippen molar-refractivity contribution >= 4 is 11.8 Å². The minimum Gasteiger partial charge on any atom is -0.477 e. The SMILES string of the molecule is C[n+]1cc(C(=O)O)c(F)cc1N. The normalized spacial score (nSPS) is 9.83. The number of nitrogens with two attached hydrogens (primary N) is 1. The number of rotatable bonds is 1. The van der Waals surface area contributed by atoms with Crippen molar-refractivity contribution in [2.45, 2.75) is 0 Å².